The molecule has 0 atom stereocenters. The third-order valence-electron chi connectivity index (χ3n) is 4.67. The van der Waals surface area contributed by atoms with E-state index in [-0.39, 0.29) is 0 Å². The molecule has 2 N–H and O–H groups in total. The van der Waals surface area contributed by atoms with Crippen LogP contribution in [-0.2, 0) is 13.1 Å². The highest BCUT2D eigenvalue weighted by Gasteiger charge is 2.18. The van der Waals surface area contributed by atoms with Crippen molar-refractivity contribution in [2.24, 2.45) is 4.99 Å². The second-order valence-electron chi connectivity index (χ2n) is 6.61. The van der Waals surface area contributed by atoms with E-state index in [1.165, 1.54) is 12.8 Å². The Hall–Kier alpha value is -2.76. The van der Waals surface area contributed by atoms with Gasteiger partial charge in [-0.05, 0) is 55.5 Å². The number of nitrogens with one attached hydrogen (secondary N) is 2. The highest BCUT2D eigenvalue weighted by atomic mass is 16.5. The van der Waals surface area contributed by atoms with Crippen molar-refractivity contribution in [3.63, 3.8) is 0 Å². The van der Waals surface area contributed by atoms with Gasteiger partial charge in [-0.15, -0.1) is 0 Å². The predicted molar refractivity (Wildman–Crippen MR) is 107 cm³/mol. The zero-order chi connectivity index (χ0) is 18.9. The van der Waals surface area contributed by atoms with Gasteiger partial charge >= 0.3 is 0 Å². The number of hydrogen-bond donors (Lipinski definition) is 2. The van der Waals surface area contributed by atoms with E-state index >= 15 is 0 Å². The summed E-state index contributed by atoms with van der Waals surface area (Å²) < 4.78 is 11.6. The van der Waals surface area contributed by atoms with Gasteiger partial charge in [0.2, 0.25) is 0 Å². The zero-order valence-corrected chi connectivity index (χ0v) is 16.1. The van der Waals surface area contributed by atoms with Gasteiger partial charge in [-0.25, -0.2) is 0 Å². The molecule has 1 aromatic carbocycles. The molecule has 144 valence electrons. The van der Waals surface area contributed by atoms with Gasteiger partial charge in [-0.3, -0.25) is 9.98 Å². The molecule has 1 fully saturated rings. The molecule has 1 aliphatic rings. The molecule has 1 saturated carbocycles. The Bertz CT molecular complexity index is 743. The van der Waals surface area contributed by atoms with Crippen molar-refractivity contribution in [1.29, 1.82) is 0 Å². The molecule has 6 nitrogen and oxygen atoms in total. The van der Waals surface area contributed by atoms with Crippen LogP contribution >= 0.6 is 0 Å². The van der Waals surface area contributed by atoms with E-state index in [4.69, 9.17) is 9.47 Å². The predicted octanol–water partition coefficient (Wildman–Crippen LogP) is 3.28. The molecule has 1 aliphatic carbocycles. The molecular formula is C21H28N4O2. The number of benzene rings is 1. The average molecular weight is 368 g/mol. The van der Waals surface area contributed by atoms with Crippen LogP contribution < -0.4 is 20.1 Å². The maximum Gasteiger partial charge on any atom is 0.191 e. The summed E-state index contributed by atoms with van der Waals surface area (Å²) in [4.78, 5) is 8.56. The number of aliphatic imine (C=N–C) groups is 1. The summed E-state index contributed by atoms with van der Waals surface area (Å²) in [6.45, 7) is 1.26. The normalized spacial score (nSPS) is 14.8. The fourth-order valence-electron chi connectivity index (χ4n) is 3.19. The minimum atomic E-state index is 0.317. The number of methoxy groups -OCH3 is 1. The Labute approximate surface area is 161 Å². The second kappa shape index (κ2) is 9.80. The lowest BCUT2D eigenvalue weighted by atomic mass is 10.2. The Morgan fingerprint density at radius 1 is 1.11 bits per heavy atom. The molecule has 1 heterocycles. The van der Waals surface area contributed by atoms with Gasteiger partial charge in [0.1, 0.15) is 0 Å². The lowest BCUT2D eigenvalue weighted by Crippen LogP contribution is -2.36. The van der Waals surface area contributed by atoms with E-state index in [0.717, 1.165) is 41.6 Å². The van der Waals surface area contributed by atoms with E-state index in [1.54, 1.807) is 20.4 Å². The van der Waals surface area contributed by atoms with Crippen LogP contribution in [0.1, 0.15) is 36.9 Å². The van der Waals surface area contributed by atoms with Crippen LogP contribution in [0.2, 0.25) is 0 Å². The maximum atomic E-state index is 6.10. The number of aromatic nitrogens is 1. The third-order valence-corrected chi connectivity index (χ3v) is 4.67. The molecule has 3 rings (SSSR count). The highest BCUT2D eigenvalue weighted by Crippen LogP contribution is 2.32. The summed E-state index contributed by atoms with van der Waals surface area (Å²) in [5, 5.41) is 6.58. The van der Waals surface area contributed by atoms with Crippen LogP contribution in [0.25, 0.3) is 0 Å². The Morgan fingerprint density at radius 3 is 2.63 bits per heavy atom. The third kappa shape index (κ3) is 5.61. The van der Waals surface area contributed by atoms with Gasteiger partial charge in [0.15, 0.2) is 17.5 Å². The summed E-state index contributed by atoms with van der Waals surface area (Å²) in [6, 6.07) is 11.9. The van der Waals surface area contributed by atoms with Crippen molar-refractivity contribution in [2.45, 2.75) is 44.9 Å². The summed E-state index contributed by atoms with van der Waals surface area (Å²) in [5.41, 5.74) is 2.07. The number of ether oxygens (including phenoxy) is 2. The molecule has 27 heavy (non-hydrogen) atoms. The van der Waals surface area contributed by atoms with Crippen LogP contribution in [0.5, 0.6) is 11.5 Å². The zero-order valence-electron chi connectivity index (χ0n) is 16.1. The SMILES string of the molecule is CN=C(NCc1ccc(OC2CCCC2)c(OC)c1)NCc1ccccn1. The number of guanidine groups is 1. The first kappa shape index (κ1) is 19.0. The Balaban J connectivity index is 1.54. The maximum absolute atomic E-state index is 6.10. The molecule has 0 radical (unpaired) electrons. The van der Waals surface area contributed by atoms with E-state index in [2.05, 4.69) is 26.7 Å². The van der Waals surface area contributed by atoms with Crippen molar-refractivity contribution in [2.75, 3.05) is 14.2 Å². The largest absolute Gasteiger partial charge is 0.493 e. The molecule has 2 aromatic rings. The van der Waals surface area contributed by atoms with E-state index in [9.17, 15) is 0 Å². The van der Waals surface area contributed by atoms with Gasteiger partial charge < -0.3 is 20.1 Å². The molecule has 0 unspecified atom stereocenters. The molecule has 0 amide bonds. The van der Waals surface area contributed by atoms with Gasteiger partial charge in [-0.1, -0.05) is 12.1 Å². The van der Waals surface area contributed by atoms with Gasteiger partial charge in [0.05, 0.1) is 25.5 Å². The number of pyridine rings is 1. The summed E-state index contributed by atoms with van der Waals surface area (Å²) in [5.74, 6) is 2.33. The number of hydrogen-bond acceptors (Lipinski definition) is 4. The standard InChI is InChI=1S/C21H28N4O2/c1-22-21(25-15-17-7-5-6-12-23-17)24-14-16-10-11-19(20(13-16)26-2)27-18-8-3-4-9-18/h5-7,10-13,18H,3-4,8-9,14-15H2,1-2H3,(H2,22,24,25). The van der Waals surface area contributed by atoms with Crippen molar-refractivity contribution >= 4 is 5.96 Å². The van der Waals surface area contributed by atoms with E-state index in [1.807, 2.05) is 30.3 Å². The molecule has 0 spiro atoms. The minimum absolute atomic E-state index is 0.317. The quantitative estimate of drug-likeness (QED) is 0.580. The second-order valence-corrected chi connectivity index (χ2v) is 6.61. The molecule has 0 saturated heterocycles. The Morgan fingerprint density at radius 2 is 1.93 bits per heavy atom. The smallest absolute Gasteiger partial charge is 0.191 e. The lowest BCUT2D eigenvalue weighted by molar-refractivity contribution is 0.200. The fourth-order valence-corrected chi connectivity index (χ4v) is 3.19. The lowest BCUT2D eigenvalue weighted by Gasteiger charge is -2.17. The van der Waals surface area contributed by atoms with Crippen LogP contribution in [0.3, 0.4) is 0 Å². The summed E-state index contributed by atoms with van der Waals surface area (Å²) in [7, 11) is 3.44. The molecule has 0 bridgehead atoms. The first-order valence-corrected chi connectivity index (χ1v) is 9.46. The van der Waals surface area contributed by atoms with Gasteiger partial charge in [-0.2, -0.15) is 0 Å². The van der Waals surface area contributed by atoms with Gasteiger partial charge in [0, 0.05) is 19.8 Å². The minimum Gasteiger partial charge on any atom is -0.493 e. The van der Waals surface area contributed by atoms with Crippen molar-refractivity contribution < 1.29 is 9.47 Å². The monoisotopic (exact) mass is 368 g/mol. The van der Waals surface area contributed by atoms with Crippen LogP contribution in [0.15, 0.2) is 47.6 Å². The van der Waals surface area contributed by atoms with Crippen LogP contribution in [-0.4, -0.2) is 31.2 Å². The number of nitrogens with zero attached hydrogens (tertiary/aromatic N) is 2. The Kier molecular flexibility index (Phi) is 6.90. The molecule has 0 aliphatic heterocycles. The van der Waals surface area contributed by atoms with Crippen LogP contribution in [0, 0.1) is 0 Å². The first-order valence-electron chi connectivity index (χ1n) is 9.46. The van der Waals surface area contributed by atoms with Crippen molar-refractivity contribution in [1.82, 2.24) is 15.6 Å². The van der Waals surface area contributed by atoms with Crippen molar-refractivity contribution in [3.8, 4) is 11.5 Å². The average Bonchev–Trinajstić information content (AvgIpc) is 3.23. The molecule has 6 heteroatoms. The van der Waals surface area contributed by atoms with Crippen molar-refractivity contribution in [3.05, 3.63) is 53.9 Å². The number of rotatable bonds is 7. The highest BCUT2D eigenvalue weighted by molar-refractivity contribution is 5.79. The molecular weight excluding hydrogens is 340 g/mol. The van der Waals surface area contributed by atoms with Crippen LogP contribution in [0.4, 0.5) is 0 Å². The van der Waals surface area contributed by atoms with E-state index < -0.39 is 0 Å². The fraction of sp³-hybridized carbons (Fsp3) is 0.429. The van der Waals surface area contributed by atoms with E-state index in [0.29, 0.717) is 19.2 Å². The topological polar surface area (TPSA) is 67.8 Å². The first-order chi connectivity index (χ1) is 13.3. The molecule has 1 aromatic heterocycles. The summed E-state index contributed by atoms with van der Waals surface area (Å²) >= 11 is 0. The van der Waals surface area contributed by atoms with Gasteiger partial charge in [0.25, 0.3) is 0 Å². The summed E-state index contributed by atoms with van der Waals surface area (Å²) in [6.07, 6.45) is 6.86.